The fourth-order valence-electron chi connectivity index (χ4n) is 3.45. The maximum Gasteiger partial charge on any atom is 0.175 e. The molecule has 2 aromatic heterocycles. The topological polar surface area (TPSA) is 99.8 Å². The Morgan fingerprint density at radius 3 is 2.62 bits per heavy atom. The van der Waals surface area contributed by atoms with Gasteiger partial charge in [-0.1, -0.05) is 19.9 Å². The Hall–Kier alpha value is -3.39. The summed E-state index contributed by atoms with van der Waals surface area (Å²) in [5, 5.41) is 15.2. The van der Waals surface area contributed by atoms with Crippen molar-refractivity contribution in [2.75, 3.05) is 23.4 Å². The van der Waals surface area contributed by atoms with Crippen LogP contribution < -0.4 is 10.6 Å². The quantitative estimate of drug-likeness (QED) is 0.341. The van der Waals surface area contributed by atoms with Gasteiger partial charge in [-0.05, 0) is 60.9 Å². The molecule has 0 fully saturated rings. The summed E-state index contributed by atoms with van der Waals surface area (Å²) in [7, 11) is -3.27. The molecule has 166 valence electrons. The molecule has 0 amide bonds. The minimum absolute atomic E-state index is 0.279. The third kappa shape index (κ3) is 5.08. The van der Waals surface area contributed by atoms with Crippen LogP contribution in [-0.2, 0) is 9.84 Å². The number of hydrogen-bond acceptors (Lipinski definition) is 6. The minimum Gasteiger partial charge on any atom is -0.370 e. The van der Waals surface area contributed by atoms with Gasteiger partial charge in [0.15, 0.2) is 9.84 Å². The lowest BCUT2D eigenvalue weighted by atomic mass is 10.1. The molecule has 0 saturated carbocycles. The van der Waals surface area contributed by atoms with Crippen molar-refractivity contribution < 1.29 is 8.42 Å². The molecule has 2 aromatic carbocycles. The fourth-order valence-corrected chi connectivity index (χ4v) is 4.11. The molecule has 0 unspecified atom stereocenters. The Labute approximate surface area is 188 Å². The van der Waals surface area contributed by atoms with Gasteiger partial charge in [-0.2, -0.15) is 5.10 Å². The minimum atomic E-state index is -3.27. The molecule has 0 atom stereocenters. The van der Waals surface area contributed by atoms with Crippen molar-refractivity contribution in [2.45, 2.75) is 25.2 Å². The highest BCUT2D eigenvalue weighted by Crippen LogP contribution is 2.30. The average Bonchev–Trinajstić information content (AvgIpc) is 3.17. The summed E-state index contributed by atoms with van der Waals surface area (Å²) in [6, 6.07) is 16.6. The van der Waals surface area contributed by atoms with Crippen LogP contribution in [0.2, 0.25) is 0 Å². The first-order valence-electron chi connectivity index (χ1n) is 10.5. The standard InChI is InChI=1S/C24H27N5O2S/c1-16(2)9-11-25-23-13-17(10-12-26-23)24-21-15-19(7-8-22(21)28-29-24)27-18-5-4-6-20(14-18)32(3,30)31/h4-8,10,12-16,27H,9,11H2,1-3H3,(H,25,26)(H,28,29). The van der Waals surface area contributed by atoms with Gasteiger partial charge in [0.25, 0.3) is 0 Å². The normalized spacial score (nSPS) is 11.8. The number of rotatable bonds is 8. The summed E-state index contributed by atoms with van der Waals surface area (Å²) in [4.78, 5) is 4.70. The lowest BCUT2D eigenvalue weighted by Gasteiger charge is -2.09. The largest absolute Gasteiger partial charge is 0.370 e. The molecule has 0 bridgehead atoms. The van der Waals surface area contributed by atoms with E-state index < -0.39 is 9.84 Å². The second-order valence-electron chi connectivity index (χ2n) is 8.30. The number of nitrogens with one attached hydrogen (secondary N) is 3. The van der Waals surface area contributed by atoms with Crippen LogP contribution in [0.15, 0.2) is 65.7 Å². The molecule has 0 radical (unpaired) electrons. The molecule has 0 aliphatic rings. The van der Waals surface area contributed by atoms with Crippen LogP contribution in [-0.4, -0.2) is 36.4 Å². The molecule has 4 rings (SSSR count). The van der Waals surface area contributed by atoms with Crippen molar-refractivity contribution in [1.29, 1.82) is 0 Å². The van der Waals surface area contributed by atoms with Crippen LogP contribution in [0.5, 0.6) is 0 Å². The smallest absolute Gasteiger partial charge is 0.175 e. The van der Waals surface area contributed by atoms with E-state index in [1.54, 1.807) is 24.4 Å². The molecule has 7 nitrogen and oxygen atoms in total. The molecule has 0 saturated heterocycles. The molecule has 2 heterocycles. The SMILES string of the molecule is CC(C)CCNc1cc(-c2n[nH]c3ccc(Nc4cccc(S(C)(=O)=O)c4)cc23)ccn1. The third-order valence-corrected chi connectivity index (χ3v) is 6.29. The first kappa shape index (κ1) is 21.8. The van der Waals surface area contributed by atoms with Gasteiger partial charge in [0.1, 0.15) is 11.5 Å². The number of pyridine rings is 1. The van der Waals surface area contributed by atoms with E-state index >= 15 is 0 Å². The number of aromatic nitrogens is 3. The van der Waals surface area contributed by atoms with E-state index in [1.807, 2.05) is 36.4 Å². The molecule has 8 heteroatoms. The molecule has 32 heavy (non-hydrogen) atoms. The van der Waals surface area contributed by atoms with Gasteiger partial charge in [-0.15, -0.1) is 0 Å². The first-order valence-corrected chi connectivity index (χ1v) is 12.4. The Bertz CT molecular complexity index is 1350. The molecule has 0 aliphatic carbocycles. The van der Waals surface area contributed by atoms with Crippen LogP contribution in [0.25, 0.3) is 22.2 Å². The molecular weight excluding hydrogens is 422 g/mol. The molecule has 4 aromatic rings. The zero-order valence-electron chi connectivity index (χ0n) is 18.4. The number of anilines is 3. The highest BCUT2D eigenvalue weighted by Gasteiger charge is 2.11. The summed E-state index contributed by atoms with van der Waals surface area (Å²) in [5.74, 6) is 1.45. The predicted octanol–water partition coefficient (Wildman–Crippen LogP) is 5.23. The number of fused-ring (bicyclic) bond motifs is 1. The van der Waals surface area contributed by atoms with Gasteiger partial charge < -0.3 is 10.6 Å². The zero-order chi connectivity index (χ0) is 22.7. The van der Waals surface area contributed by atoms with Crippen LogP contribution in [0.1, 0.15) is 20.3 Å². The van der Waals surface area contributed by atoms with E-state index in [2.05, 4.69) is 39.7 Å². The lowest BCUT2D eigenvalue weighted by Crippen LogP contribution is -2.06. The highest BCUT2D eigenvalue weighted by molar-refractivity contribution is 7.90. The molecule has 0 spiro atoms. The van der Waals surface area contributed by atoms with Crippen LogP contribution in [0.3, 0.4) is 0 Å². The average molecular weight is 450 g/mol. The summed E-state index contributed by atoms with van der Waals surface area (Å²) >= 11 is 0. The summed E-state index contributed by atoms with van der Waals surface area (Å²) in [5.41, 5.74) is 4.27. The first-order chi connectivity index (χ1) is 15.3. The van der Waals surface area contributed by atoms with Crippen molar-refractivity contribution >= 4 is 37.9 Å². The van der Waals surface area contributed by atoms with E-state index in [4.69, 9.17) is 0 Å². The van der Waals surface area contributed by atoms with E-state index in [-0.39, 0.29) is 4.90 Å². The Balaban J connectivity index is 1.61. The number of sulfone groups is 1. The van der Waals surface area contributed by atoms with Gasteiger partial charge in [-0.3, -0.25) is 5.10 Å². The Kier molecular flexibility index (Phi) is 6.14. The van der Waals surface area contributed by atoms with E-state index in [9.17, 15) is 8.42 Å². The molecule has 0 aliphatic heterocycles. The van der Waals surface area contributed by atoms with Crippen molar-refractivity contribution in [3.63, 3.8) is 0 Å². The summed E-state index contributed by atoms with van der Waals surface area (Å²) < 4.78 is 23.7. The third-order valence-electron chi connectivity index (χ3n) is 5.17. The maximum atomic E-state index is 11.9. The molecular formula is C24H27N5O2S. The van der Waals surface area contributed by atoms with Crippen LogP contribution in [0.4, 0.5) is 17.2 Å². The summed E-state index contributed by atoms with van der Waals surface area (Å²) in [6.45, 7) is 5.27. The van der Waals surface area contributed by atoms with E-state index in [0.717, 1.165) is 46.6 Å². The van der Waals surface area contributed by atoms with Gasteiger partial charge in [-0.25, -0.2) is 13.4 Å². The number of benzene rings is 2. The number of H-pyrrole nitrogens is 1. The van der Waals surface area contributed by atoms with Crippen LogP contribution >= 0.6 is 0 Å². The van der Waals surface area contributed by atoms with Crippen molar-refractivity contribution in [1.82, 2.24) is 15.2 Å². The predicted molar refractivity (Wildman–Crippen MR) is 130 cm³/mol. The van der Waals surface area contributed by atoms with Crippen LogP contribution in [0, 0.1) is 5.92 Å². The number of hydrogen-bond donors (Lipinski definition) is 3. The second-order valence-corrected chi connectivity index (χ2v) is 10.3. The zero-order valence-corrected chi connectivity index (χ0v) is 19.2. The number of nitrogens with zero attached hydrogens (tertiary/aromatic N) is 2. The van der Waals surface area contributed by atoms with E-state index in [0.29, 0.717) is 11.6 Å². The highest BCUT2D eigenvalue weighted by atomic mass is 32.2. The Morgan fingerprint density at radius 2 is 1.84 bits per heavy atom. The number of aromatic amines is 1. The van der Waals surface area contributed by atoms with Gasteiger partial charge in [0.2, 0.25) is 0 Å². The Morgan fingerprint density at radius 1 is 1.03 bits per heavy atom. The van der Waals surface area contributed by atoms with E-state index in [1.165, 1.54) is 6.26 Å². The summed E-state index contributed by atoms with van der Waals surface area (Å²) in [6.07, 6.45) is 4.07. The molecule has 3 N–H and O–H groups in total. The van der Waals surface area contributed by atoms with Gasteiger partial charge in [0, 0.05) is 41.3 Å². The second kappa shape index (κ2) is 9.00. The van der Waals surface area contributed by atoms with Gasteiger partial charge >= 0.3 is 0 Å². The van der Waals surface area contributed by atoms with Gasteiger partial charge in [0.05, 0.1) is 10.4 Å². The fraction of sp³-hybridized carbons (Fsp3) is 0.250. The van der Waals surface area contributed by atoms with Crippen molar-refractivity contribution in [3.05, 3.63) is 60.8 Å². The monoisotopic (exact) mass is 449 g/mol. The van der Waals surface area contributed by atoms with Crippen molar-refractivity contribution in [3.8, 4) is 11.3 Å². The lowest BCUT2D eigenvalue weighted by molar-refractivity contribution is 0.602. The maximum absolute atomic E-state index is 11.9. The van der Waals surface area contributed by atoms with Crippen molar-refractivity contribution in [2.24, 2.45) is 5.92 Å².